The van der Waals surface area contributed by atoms with Crippen molar-refractivity contribution in [3.63, 3.8) is 0 Å². The molecule has 5 rings (SSSR count). The topological polar surface area (TPSA) is 138 Å². The lowest BCUT2D eigenvalue weighted by atomic mass is 9.56. The number of imide groups is 4. The number of carbonyl (C=O) groups excluding carboxylic acids is 5. The van der Waals surface area contributed by atoms with Gasteiger partial charge in [0.1, 0.15) is 5.75 Å². The van der Waals surface area contributed by atoms with Gasteiger partial charge in [-0.3, -0.25) is 24.1 Å². The molecule has 0 aromatic heterocycles. The highest BCUT2D eigenvalue weighted by atomic mass is 35.5. The van der Waals surface area contributed by atoms with E-state index in [9.17, 15) is 29.1 Å². The summed E-state index contributed by atoms with van der Waals surface area (Å²) in [6, 6.07) is 2.20. The second kappa shape index (κ2) is 7.30. The van der Waals surface area contributed by atoms with Crippen molar-refractivity contribution >= 4 is 52.9 Å². The first-order valence-corrected chi connectivity index (χ1v) is 11.9. The monoisotopic (exact) mass is 519 g/mol. The molecule has 1 aromatic carbocycles. The molecule has 9 nitrogen and oxygen atoms in total. The number of alkyl halides is 2. The number of fused-ring (bicyclic) bond motifs is 4. The van der Waals surface area contributed by atoms with Gasteiger partial charge in [-0.2, -0.15) is 4.90 Å². The van der Waals surface area contributed by atoms with Crippen LogP contribution in [-0.4, -0.2) is 61.4 Å². The summed E-state index contributed by atoms with van der Waals surface area (Å²) < 4.78 is 0. The van der Waals surface area contributed by atoms with Gasteiger partial charge in [0.15, 0.2) is 9.75 Å². The van der Waals surface area contributed by atoms with E-state index >= 15 is 0 Å². The summed E-state index contributed by atoms with van der Waals surface area (Å²) in [6.45, 7) is 3.40. The number of nitrogens with two attached hydrogens (primary N) is 1. The van der Waals surface area contributed by atoms with Crippen molar-refractivity contribution in [1.29, 1.82) is 0 Å². The van der Waals surface area contributed by atoms with Crippen molar-refractivity contribution in [2.24, 2.45) is 23.5 Å². The second-order valence-electron chi connectivity index (χ2n) is 9.85. The van der Waals surface area contributed by atoms with E-state index in [0.717, 1.165) is 4.90 Å². The Morgan fingerprint density at radius 2 is 1.66 bits per heavy atom. The average molecular weight is 520 g/mol. The zero-order chi connectivity index (χ0) is 25.8. The number of nitrogens with zero attached hydrogens (tertiary/aromatic N) is 2. The van der Waals surface area contributed by atoms with Crippen LogP contribution in [-0.2, 0) is 19.2 Å². The minimum Gasteiger partial charge on any atom is -0.507 e. The predicted molar refractivity (Wildman–Crippen MR) is 124 cm³/mol. The number of allylic oxidation sites excluding steroid dienone is 2. The average Bonchev–Trinajstić information content (AvgIpc) is 3.12. The van der Waals surface area contributed by atoms with Crippen LogP contribution in [0.3, 0.4) is 0 Å². The zero-order valence-electron chi connectivity index (χ0n) is 19.2. The van der Waals surface area contributed by atoms with Crippen LogP contribution in [0, 0.1) is 31.6 Å². The third kappa shape index (κ3) is 2.73. The highest BCUT2D eigenvalue weighted by Crippen LogP contribution is 2.65. The number of carbonyl (C=O) groups is 5. The molecule has 1 aromatic rings. The predicted octanol–water partition coefficient (Wildman–Crippen LogP) is 2.08. The summed E-state index contributed by atoms with van der Waals surface area (Å²) in [6.07, 6.45) is 1.73. The third-order valence-corrected chi connectivity index (χ3v) is 9.49. The molecule has 184 valence electrons. The van der Waals surface area contributed by atoms with Gasteiger partial charge in [0, 0.05) is 13.0 Å². The van der Waals surface area contributed by atoms with E-state index in [2.05, 4.69) is 0 Å². The number of hydrogen-bond acceptors (Lipinski definition) is 6. The highest BCUT2D eigenvalue weighted by Gasteiger charge is 2.76. The Labute approximate surface area is 210 Å². The van der Waals surface area contributed by atoms with Crippen molar-refractivity contribution in [3.05, 3.63) is 40.5 Å². The van der Waals surface area contributed by atoms with Gasteiger partial charge in [-0.05, 0) is 49.3 Å². The number of primary amides is 1. The largest absolute Gasteiger partial charge is 0.507 e. The first-order chi connectivity index (χ1) is 16.3. The molecule has 0 bridgehead atoms. The molecule has 35 heavy (non-hydrogen) atoms. The smallest absolute Gasteiger partial charge is 0.328 e. The molecule has 2 aliphatic carbocycles. The van der Waals surface area contributed by atoms with Crippen LogP contribution in [0.4, 0.5) is 4.79 Å². The number of benzene rings is 1. The Kier molecular flexibility index (Phi) is 4.97. The van der Waals surface area contributed by atoms with Crippen LogP contribution in [0.2, 0.25) is 0 Å². The van der Waals surface area contributed by atoms with Crippen LogP contribution in [0.5, 0.6) is 5.75 Å². The number of likely N-dealkylation sites (tertiary alicyclic amines) is 2. The lowest BCUT2D eigenvalue weighted by Crippen LogP contribution is -2.60. The normalized spacial score (nSPS) is 36.2. The van der Waals surface area contributed by atoms with Crippen molar-refractivity contribution in [2.45, 2.75) is 42.4 Å². The fourth-order valence-corrected chi connectivity index (χ4v) is 7.51. The van der Waals surface area contributed by atoms with Crippen molar-refractivity contribution < 1.29 is 29.1 Å². The minimum atomic E-state index is -1.90. The quantitative estimate of drug-likeness (QED) is 0.331. The van der Waals surface area contributed by atoms with Crippen molar-refractivity contribution in [3.8, 4) is 5.75 Å². The second-order valence-corrected chi connectivity index (χ2v) is 11.1. The van der Waals surface area contributed by atoms with E-state index in [1.807, 2.05) is 0 Å². The summed E-state index contributed by atoms with van der Waals surface area (Å²) in [7, 11) is 1.31. The standard InChI is InChI=1S/C24H23Cl2N3O6/c1-9-6-11(7-10(2)17(9)30)16-12-4-5-13-15(19(32)29(18(13)31)22(27)35)14(12)8-23(25)20(33)28(3)21(34)24(16,23)26/h4,6-7,13-16,30H,5,8H2,1-3H3,(H2,27,35)/t13-,14+,15-,16-,23+,24-/m0/s1. The number of hydrogen-bond donors (Lipinski definition) is 2. The van der Waals surface area contributed by atoms with Crippen LogP contribution in [0.15, 0.2) is 23.8 Å². The van der Waals surface area contributed by atoms with E-state index in [1.165, 1.54) is 7.05 Å². The van der Waals surface area contributed by atoms with Crippen molar-refractivity contribution in [2.75, 3.05) is 7.05 Å². The fraction of sp³-hybridized carbons (Fsp3) is 0.458. The van der Waals surface area contributed by atoms with Gasteiger partial charge in [-0.25, -0.2) is 4.79 Å². The summed E-state index contributed by atoms with van der Waals surface area (Å²) in [5.41, 5.74) is 7.53. The summed E-state index contributed by atoms with van der Waals surface area (Å²) in [5, 5.41) is 10.3. The number of rotatable bonds is 1. The maximum absolute atomic E-state index is 13.5. The maximum atomic E-state index is 13.5. The molecule has 6 atom stereocenters. The molecule has 0 unspecified atom stereocenters. The van der Waals surface area contributed by atoms with Gasteiger partial charge in [0.25, 0.3) is 11.8 Å². The number of phenols is 1. The van der Waals surface area contributed by atoms with Gasteiger partial charge in [-0.15, -0.1) is 23.2 Å². The molecular formula is C24H23Cl2N3O6. The molecule has 4 aliphatic rings. The molecule has 0 spiro atoms. The number of aryl methyl sites for hydroxylation is 2. The van der Waals surface area contributed by atoms with Gasteiger partial charge < -0.3 is 10.8 Å². The number of aromatic hydroxyl groups is 1. The van der Waals surface area contributed by atoms with Gasteiger partial charge in [0.2, 0.25) is 11.8 Å². The van der Waals surface area contributed by atoms with Gasteiger partial charge >= 0.3 is 6.03 Å². The molecule has 11 heteroatoms. The van der Waals surface area contributed by atoms with E-state index in [1.54, 1.807) is 32.1 Å². The fourth-order valence-electron chi connectivity index (χ4n) is 6.49. The lowest BCUT2D eigenvalue weighted by Gasteiger charge is -2.50. The van der Waals surface area contributed by atoms with Gasteiger partial charge in [-0.1, -0.05) is 23.8 Å². The van der Waals surface area contributed by atoms with Crippen LogP contribution in [0.1, 0.15) is 35.4 Å². The van der Waals surface area contributed by atoms with Crippen LogP contribution in [0.25, 0.3) is 0 Å². The summed E-state index contributed by atoms with van der Waals surface area (Å²) in [4.78, 5) is 62.3. The Morgan fingerprint density at radius 1 is 1.06 bits per heavy atom. The molecular weight excluding hydrogens is 497 g/mol. The highest BCUT2D eigenvalue weighted by molar-refractivity contribution is 6.53. The number of phenolic OH excluding ortho intramolecular Hbond substituents is 1. The Balaban J connectivity index is 1.76. The minimum absolute atomic E-state index is 0.0826. The Bertz CT molecular complexity index is 1270. The molecule has 2 saturated heterocycles. The number of urea groups is 1. The SMILES string of the molecule is Cc1cc([C@H]2C3=CC[C@@H]4C(=O)N(C(N)=O)C(=O)[C@@H]4[C@@H]3C[C@@]3(Cl)C(=O)N(C)C(=O)[C@@]23Cl)cc(C)c1O. The van der Waals surface area contributed by atoms with E-state index in [4.69, 9.17) is 28.9 Å². The third-order valence-electron chi connectivity index (χ3n) is 8.08. The molecule has 2 heterocycles. The molecule has 3 N–H and O–H groups in total. The Morgan fingerprint density at radius 3 is 2.23 bits per heavy atom. The lowest BCUT2D eigenvalue weighted by molar-refractivity contribution is -0.139. The van der Waals surface area contributed by atoms with E-state index in [-0.39, 0.29) is 18.6 Å². The number of amides is 6. The van der Waals surface area contributed by atoms with Crippen LogP contribution >= 0.6 is 23.2 Å². The van der Waals surface area contributed by atoms with Crippen molar-refractivity contribution in [1.82, 2.24) is 9.80 Å². The zero-order valence-corrected chi connectivity index (χ0v) is 20.7. The van der Waals surface area contributed by atoms with Gasteiger partial charge in [0.05, 0.1) is 11.8 Å². The van der Waals surface area contributed by atoms with E-state index in [0.29, 0.717) is 27.2 Å². The molecule has 0 radical (unpaired) electrons. The maximum Gasteiger partial charge on any atom is 0.328 e. The summed E-state index contributed by atoms with van der Waals surface area (Å²) >= 11 is 14.1. The van der Waals surface area contributed by atoms with Crippen LogP contribution < -0.4 is 5.73 Å². The van der Waals surface area contributed by atoms with E-state index < -0.39 is 63.1 Å². The summed E-state index contributed by atoms with van der Waals surface area (Å²) in [5.74, 6) is -6.17. The molecule has 1 saturated carbocycles. The Hall–Kier alpha value is -2.91. The first kappa shape index (κ1) is 23.8. The number of halogens is 2. The first-order valence-electron chi connectivity index (χ1n) is 11.1. The molecule has 2 aliphatic heterocycles. The molecule has 3 fully saturated rings. The molecule has 6 amide bonds.